The van der Waals surface area contributed by atoms with Crippen LogP contribution in [0.3, 0.4) is 0 Å². The Hall–Kier alpha value is -2.01. The van der Waals surface area contributed by atoms with E-state index in [1.165, 1.54) is 4.88 Å². The third-order valence-corrected chi connectivity index (χ3v) is 4.94. The van der Waals surface area contributed by atoms with Gasteiger partial charge < -0.3 is 15.4 Å². The molecule has 0 aliphatic rings. The topological polar surface area (TPSA) is 45.7 Å². The van der Waals surface area contributed by atoms with E-state index in [0.29, 0.717) is 6.54 Å². The average molecular weight is 331 g/mol. The van der Waals surface area contributed by atoms with Gasteiger partial charge in [0, 0.05) is 30.4 Å². The smallest absolute Gasteiger partial charge is 0.191 e. The summed E-state index contributed by atoms with van der Waals surface area (Å²) >= 11 is 1.79. The first-order valence-electron chi connectivity index (χ1n) is 7.66. The van der Waals surface area contributed by atoms with Crippen molar-refractivity contribution < 1.29 is 4.74 Å². The van der Waals surface area contributed by atoms with E-state index in [0.717, 1.165) is 23.8 Å². The van der Waals surface area contributed by atoms with Crippen molar-refractivity contribution in [3.05, 3.63) is 52.2 Å². The quantitative estimate of drug-likeness (QED) is 0.630. The molecule has 0 amide bonds. The van der Waals surface area contributed by atoms with Crippen LogP contribution in [-0.4, -0.2) is 26.7 Å². The van der Waals surface area contributed by atoms with Gasteiger partial charge in [0.2, 0.25) is 0 Å². The van der Waals surface area contributed by atoms with Gasteiger partial charge in [0.25, 0.3) is 0 Å². The molecule has 23 heavy (non-hydrogen) atoms. The number of thiophene rings is 1. The van der Waals surface area contributed by atoms with Crippen LogP contribution in [0.5, 0.6) is 5.75 Å². The summed E-state index contributed by atoms with van der Waals surface area (Å²) in [5.74, 6) is 1.67. The minimum absolute atomic E-state index is 0.0712. The molecular formula is C18H25N3OS. The Morgan fingerprint density at radius 2 is 2.04 bits per heavy atom. The van der Waals surface area contributed by atoms with Crippen molar-refractivity contribution in [3.63, 3.8) is 0 Å². The molecule has 0 bridgehead atoms. The van der Waals surface area contributed by atoms with E-state index in [4.69, 9.17) is 4.74 Å². The predicted octanol–water partition coefficient (Wildman–Crippen LogP) is 3.40. The first-order chi connectivity index (χ1) is 11.0. The molecule has 0 spiro atoms. The van der Waals surface area contributed by atoms with E-state index in [1.54, 1.807) is 25.5 Å². The summed E-state index contributed by atoms with van der Waals surface area (Å²) < 4.78 is 5.25. The van der Waals surface area contributed by atoms with Gasteiger partial charge in [-0.25, -0.2) is 0 Å². The molecule has 0 fully saturated rings. The van der Waals surface area contributed by atoms with Crippen LogP contribution in [0.25, 0.3) is 0 Å². The zero-order valence-corrected chi connectivity index (χ0v) is 15.0. The van der Waals surface area contributed by atoms with E-state index in [1.807, 2.05) is 18.2 Å². The van der Waals surface area contributed by atoms with E-state index in [2.05, 4.69) is 53.1 Å². The zero-order chi connectivity index (χ0) is 16.7. The number of hydrogen-bond acceptors (Lipinski definition) is 3. The Morgan fingerprint density at radius 3 is 2.70 bits per heavy atom. The first-order valence-corrected chi connectivity index (χ1v) is 8.54. The Balaban J connectivity index is 1.88. The average Bonchev–Trinajstić information content (AvgIpc) is 3.10. The molecule has 0 saturated carbocycles. The number of nitrogens with zero attached hydrogens (tertiary/aromatic N) is 1. The highest BCUT2D eigenvalue weighted by Gasteiger charge is 2.21. The maximum absolute atomic E-state index is 5.25. The number of ether oxygens (including phenoxy) is 1. The molecule has 5 heteroatoms. The molecule has 4 nitrogen and oxygen atoms in total. The largest absolute Gasteiger partial charge is 0.497 e. The van der Waals surface area contributed by atoms with Crippen LogP contribution in [0.2, 0.25) is 0 Å². The predicted molar refractivity (Wildman–Crippen MR) is 98.5 cm³/mol. The zero-order valence-electron chi connectivity index (χ0n) is 14.2. The lowest BCUT2D eigenvalue weighted by atomic mass is 9.91. The van der Waals surface area contributed by atoms with Gasteiger partial charge in [-0.1, -0.05) is 32.0 Å². The van der Waals surface area contributed by atoms with E-state index in [-0.39, 0.29) is 5.41 Å². The fourth-order valence-corrected chi connectivity index (χ4v) is 3.10. The summed E-state index contributed by atoms with van der Waals surface area (Å²) in [6.45, 7) is 6.00. The number of hydrogen-bond donors (Lipinski definition) is 2. The Kier molecular flexibility index (Phi) is 6.04. The molecule has 1 aromatic heterocycles. The van der Waals surface area contributed by atoms with Gasteiger partial charge in [0.05, 0.1) is 7.11 Å². The second kappa shape index (κ2) is 8.02. The van der Waals surface area contributed by atoms with Crippen molar-refractivity contribution >= 4 is 17.3 Å². The minimum Gasteiger partial charge on any atom is -0.497 e. The summed E-state index contributed by atoms with van der Waals surface area (Å²) in [5.41, 5.74) is 1.23. The van der Waals surface area contributed by atoms with Crippen LogP contribution in [0.15, 0.2) is 46.8 Å². The van der Waals surface area contributed by atoms with Gasteiger partial charge in [0.15, 0.2) is 5.96 Å². The Labute approximate surface area is 142 Å². The monoisotopic (exact) mass is 331 g/mol. The van der Waals surface area contributed by atoms with Crippen LogP contribution in [0.1, 0.15) is 24.3 Å². The van der Waals surface area contributed by atoms with E-state index < -0.39 is 0 Å². The van der Waals surface area contributed by atoms with Crippen molar-refractivity contribution in [2.24, 2.45) is 4.99 Å². The lowest BCUT2D eigenvalue weighted by Gasteiger charge is -2.25. The summed E-state index contributed by atoms with van der Waals surface area (Å²) in [5, 5.41) is 8.87. The van der Waals surface area contributed by atoms with Crippen LogP contribution in [0.4, 0.5) is 0 Å². The Bertz CT molecular complexity index is 635. The molecule has 2 aromatic rings. The molecule has 0 unspecified atom stereocenters. The summed E-state index contributed by atoms with van der Waals surface area (Å²) in [4.78, 5) is 5.67. The lowest BCUT2D eigenvalue weighted by molar-refractivity contribution is 0.414. The molecule has 0 radical (unpaired) electrons. The fraction of sp³-hybridized carbons (Fsp3) is 0.389. The second-order valence-electron chi connectivity index (χ2n) is 5.99. The van der Waals surface area contributed by atoms with Crippen molar-refractivity contribution in [2.45, 2.75) is 25.8 Å². The van der Waals surface area contributed by atoms with Crippen molar-refractivity contribution in [2.75, 3.05) is 20.7 Å². The number of guanidine groups is 1. The Morgan fingerprint density at radius 1 is 1.22 bits per heavy atom. The standard InChI is InChI=1S/C18H25N3OS/c1-18(2,16-9-6-10-23-16)13-21-17(19-3)20-12-14-7-5-8-15(11-14)22-4/h5-11H,12-13H2,1-4H3,(H2,19,20,21). The molecular weight excluding hydrogens is 306 g/mol. The first kappa shape index (κ1) is 17.3. The minimum atomic E-state index is 0.0712. The van der Waals surface area contributed by atoms with Gasteiger partial charge in [0.1, 0.15) is 5.75 Å². The molecule has 0 atom stereocenters. The molecule has 1 heterocycles. The molecule has 2 rings (SSSR count). The third-order valence-electron chi connectivity index (χ3n) is 3.70. The number of rotatable bonds is 6. The lowest BCUT2D eigenvalue weighted by Crippen LogP contribution is -2.42. The van der Waals surface area contributed by atoms with E-state index >= 15 is 0 Å². The number of methoxy groups -OCH3 is 1. The molecule has 2 N–H and O–H groups in total. The van der Waals surface area contributed by atoms with Gasteiger partial charge in [-0.15, -0.1) is 11.3 Å². The molecule has 0 aliphatic heterocycles. The maximum Gasteiger partial charge on any atom is 0.191 e. The van der Waals surface area contributed by atoms with Crippen molar-refractivity contribution in [3.8, 4) is 5.75 Å². The molecule has 1 aromatic carbocycles. The molecule has 124 valence electrons. The highest BCUT2D eigenvalue weighted by Crippen LogP contribution is 2.26. The number of nitrogens with one attached hydrogen (secondary N) is 2. The van der Waals surface area contributed by atoms with Crippen LogP contribution in [-0.2, 0) is 12.0 Å². The van der Waals surface area contributed by atoms with Crippen LogP contribution >= 0.6 is 11.3 Å². The maximum atomic E-state index is 5.25. The van der Waals surface area contributed by atoms with Crippen LogP contribution in [0, 0.1) is 0 Å². The highest BCUT2D eigenvalue weighted by atomic mass is 32.1. The SMILES string of the molecule is CN=C(NCc1cccc(OC)c1)NCC(C)(C)c1cccs1. The second-order valence-corrected chi connectivity index (χ2v) is 6.94. The highest BCUT2D eigenvalue weighted by molar-refractivity contribution is 7.10. The number of benzene rings is 1. The van der Waals surface area contributed by atoms with E-state index in [9.17, 15) is 0 Å². The van der Waals surface area contributed by atoms with Gasteiger partial charge >= 0.3 is 0 Å². The van der Waals surface area contributed by atoms with Gasteiger partial charge in [-0.2, -0.15) is 0 Å². The summed E-state index contributed by atoms with van der Waals surface area (Å²) in [6.07, 6.45) is 0. The van der Waals surface area contributed by atoms with Crippen molar-refractivity contribution in [1.29, 1.82) is 0 Å². The van der Waals surface area contributed by atoms with Crippen LogP contribution < -0.4 is 15.4 Å². The van der Waals surface area contributed by atoms with Gasteiger partial charge in [-0.3, -0.25) is 4.99 Å². The van der Waals surface area contributed by atoms with Gasteiger partial charge in [-0.05, 0) is 29.1 Å². The molecule has 0 aliphatic carbocycles. The summed E-state index contributed by atoms with van der Waals surface area (Å²) in [7, 11) is 3.47. The van der Waals surface area contributed by atoms with Crippen molar-refractivity contribution in [1.82, 2.24) is 10.6 Å². The fourth-order valence-electron chi connectivity index (χ4n) is 2.24. The number of aliphatic imine (C=N–C) groups is 1. The summed E-state index contributed by atoms with van der Waals surface area (Å²) in [6, 6.07) is 12.3. The third kappa shape index (κ3) is 4.99. The molecule has 0 saturated heterocycles. The normalized spacial score (nSPS) is 12.1.